The lowest BCUT2D eigenvalue weighted by atomic mass is 10.2. The molecule has 6 heteroatoms. The summed E-state index contributed by atoms with van der Waals surface area (Å²) in [5, 5.41) is 3.16. The van der Waals surface area contributed by atoms with E-state index in [0.29, 0.717) is 17.9 Å². The Bertz CT molecular complexity index is 650. The van der Waals surface area contributed by atoms with Gasteiger partial charge in [-0.25, -0.2) is 0 Å². The van der Waals surface area contributed by atoms with E-state index in [1.807, 2.05) is 24.3 Å². The molecule has 0 aromatic heterocycles. The van der Waals surface area contributed by atoms with E-state index < -0.39 is 17.4 Å². The Morgan fingerprint density at radius 3 is 2.68 bits per heavy atom. The summed E-state index contributed by atoms with van der Waals surface area (Å²) in [5.41, 5.74) is 2.45. The zero-order chi connectivity index (χ0) is 15.9. The number of rotatable bonds is 7. The van der Waals surface area contributed by atoms with Crippen molar-refractivity contribution in [2.45, 2.75) is 18.9 Å². The number of benzene rings is 2. The number of alkyl halides is 2. The quantitative estimate of drug-likeness (QED) is 0.842. The fraction of sp³-hybridized carbons (Fsp3) is 0.250. The Morgan fingerprint density at radius 1 is 1.18 bits per heavy atom. The molecule has 0 unspecified atom stereocenters. The maximum atomic E-state index is 12.4. The van der Waals surface area contributed by atoms with Crippen molar-refractivity contribution >= 4 is 16.5 Å². The Kier molecular flexibility index (Phi) is 5.89. The van der Waals surface area contributed by atoms with E-state index in [4.69, 9.17) is 0 Å². The maximum absolute atomic E-state index is 12.4. The number of hydrogen-bond donors (Lipinski definition) is 1. The van der Waals surface area contributed by atoms with Crippen molar-refractivity contribution in [2.75, 3.05) is 11.6 Å². The van der Waals surface area contributed by atoms with Crippen LogP contribution in [0.4, 0.5) is 14.5 Å². The molecule has 0 aliphatic carbocycles. The van der Waals surface area contributed by atoms with Crippen LogP contribution in [0.25, 0.3) is 0 Å². The monoisotopic (exact) mass is 325 g/mol. The molecule has 118 valence electrons. The molecule has 0 fully saturated rings. The second kappa shape index (κ2) is 7.89. The summed E-state index contributed by atoms with van der Waals surface area (Å²) in [6.45, 7) is -2.48. The van der Waals surface area contributed by atoms with Crippen molar-refractivity contribution < 1.29 is 17.7 Å². The first-order valence-corrected chi connectivity index (χ1v) is 8.43. The molecule has 0 spiro atoms. The molecule has 0 saturated heterocycles. The van der Waals surface area contributed by atoms with Crippen LogP contribution in [0.15, 0.2) is 48.5 Å². The predicted molar refractivity (Wildman–Crippen MR) is 84.6 cm³/mol. The molecule has 0 aliphatic heterocycles. The molecule has 0 heterocycles. The van der Waals surface area contributed by atoms with E-state index in [1.54, 1.807) is 24.5 Å². The van der Waals surface area contributed by atoms with E-state index in [-0.39, 0.29) is 5.75 Å². The van der Waals surface area contributed by atoms with Crippen LogP contribution in [0.3, 0.4) is 0 Å². The van der Waals surface area contributed by atoms with E-state index in [0.717, 1.165) is 11.3 Å². The predicted octanol–water partition coefficient (Wildman–Crippen LogP) is 3.78. The fourth-order valence-electron chi connectivity index (χ4n) is 2.06. The van der Waals surface area contributed by atoms with Gasteiger partial charge in [0.15, 0.2) is 0 Å². The SMILES string of the molecule is C[S@@](=O)Cc1cccc(NCc2ccccc2OC(F)F)c1. The third kappa shape index (κ3) is 5.11. The Morgan fingerprint density at radius 2 is 1.95 bits per heavy atom. The largest absolute Gasteiger partial charge is 0.434 e. The van der Waals surface area contributed by atoms with Crippen LogP contribution in [-0.2, 0) is 23.1 Å². The first kappa shape index (κ1) is 16.4. The third-order valence-corrected chi connectivity index (χ3v) is 3.71. The molecular weight excluding hydrogens is 308 g/mol. The fourth-order valence-corrected chi connectivity index (χ4v) is 2.71. The van der Waals surface area contributed by atoms with E-state index in [2.05, 4.69) is 10.1 Å². The third-order valence-electron chi connectivity index (χ3n) is 2.97. The van der Waals surface area contributed by atoms with Gasteiger partial charge in [0.2, 0.25) is 0 Å². The van der Waals surface area contributed by atoms with Crippen molar-refractivity contribution in [1.82, 2.24) is 0 Å². The molecule has 2 rings (SSSR count). The lowest BCUT2D eigenvalue weighted by molar-refractivity contribution is -0.0504. The summed E-state index contributed by atoms with van der Waals surface area (Å²) < 4.78 is 40.5. The van der Waals surface area contributed by atoms with Gasteiger partial charge < -0.3 is 10.1 Å². The Balaban J connectivity index is 2.05. The van der Waals surface area contributed by atoms with Gasteiger partial charge in [-0.05, 0) is 23.8 Å². The van der Waals surface area contributed by atoms with Gasteiger partial charge in [0.1, 0.15) is 5.75 Å². The van der Waals surface area contributed by atoms with Gasteiger partial charge in [-0.2, -0.15) is 8.78 Å². The van der Waals surface area contributed by atoms with Gasteiger partial charge in [0, 0.05) is 40.6 Å². The number of halogens is 2. The van der Waals surface area contributed by atoms with E-state index >= 15 is 0 Å². The average Bonchev–Trinajstić information content (AvgIpc) is 2.45. The van der Waals surface area contributed by atoms with Crippen molar-refractivity contribution in [2.24, 2.45) is 0 Å². The van der Waals surface area contributed by atoms with Gasteiger partial charge in [0.05, 0.1) is 0 Å². The number of para-hydroxylation sites is 1. The number of ether oxygens (including phenoxy) is 1. The Hall–Kier alpha value is -1.95. The van der Waals surface area contributed by atoms with Gasteiger partial charge in [0.25, 0.3) is 0 Å². The summed E-state index contributed by atoms with van der Waals surface area (Å²) in [4.78, 5) is 0. The van der Waals surface area contributed by atoms with Gasteiger partial charge in [-0.3, -0.25) is 4.21 Å². The molecule has 0 bridgehead atoms. The second-order valence-electron chi connectivity index (χ2n) is 4.76. The number of hydrogen-bond acceptors (Lipinski definition) is 3. The van der Waals surface area contributed by atoms with Crippen LogP contribution >= 0.6 is 0 Å². The molecule has 0 radical (unpaired) electrons. The lowest BCUT2D eigenvalue weighted by Gasteiger charge is -2.12. The highest BCUT2D eigenvalue weighted by Gasteiger charge is 2.08. The number of nitrogens with one attached hydrogen (secondary N) is 1. The van der Waals surface area contributed by atoms with Gasteiger partial charge >= 0.3 is 6.61 Å². The minimum Gasteiger partial charge on any atom is -0.434 e. The highest BCUT2D eigenvalue weighted by Crippen LogP contribution is 2.22. The van der Waals surface area contributed by atoms with Crippen LogP contribution in [0, 0.1) is 0 Å². The van der Waals surface area contributed by atoms with Crippen LogP contribution < -0.4 is 10.1 Å². The van der Waals surface area contributed by atoms with Crippen molar-refractivity contribution in [3.05, 3.63) is 59.7 Å². The topological polar surface area (TPSA) is 38.3 Å². The summed E-state index contributed by atoms with van der Waals surface area (Å²) in [7, 11) is -0.906. The average molecular weight is 325 g/mol. The maximum Gasteiger partial charge on any atom is 0.387 e. The van der Waals surface area contributed by atoms with E-state index in [9.17, 15) is 13.0 Å². The van der Waals surface area contributed by atoms with Crippen molar-refractivity contribution in [1.29, 1.82) is 0 Å². The molecule has 3 nitrogen and oxygen atoms in total. The van der Waals surface area contributed by atoms with Crippen molar-refractivity contribution in [3.8, 4) is 5.75 Å². The van der Waals surface area contributed by atoms with Gasteiger partial charge in [-0.1, -0.05) is 30.3 Å². The summed E-state index contributed by atoms with van der Waals surface area (Å²) in [6, 6.07) is 14.2. The van der Waals surface area contributed by atoms with Gasteiger partial charge in [-0.15, -0.1) is 0 Å². The summed E-state index contributed by atoms with van der Waals surface area (Å²) in [6.07, 6.45) is 1.65. The smallest absolute Gasteiger partial charge is 0.387 e. The molecular formula is C16H17F2NO2S. The molecule has 22 heavy (non-hydrogen) atoms. The number of anilines is 1. The molecule has 0 saturated carbocycles. The van der Waals surface area contributed by atoms with E-state index in [1.165, 1.54) is 6.07 Å². The zero-order valence-corrected chi connectivity index (χ0v) is 12.9. The van der Waals surface area contributed by atoms with Crippen LogP contribution in [0.2, 0.25) is 0 Å². The standard InChI is InChI=1S/C16H17F2NO2S/c1-22(20)11-12-5-4-7-14(9-12)19-10-13-6-2-3-8-15(13)21-16(17)18/h2-9,16,19H,10-11H2,1H3/t22-/m1/s1. The van der Waals surface area contributed by atoms with Crippen molar-refractivity contribution in [3.63, 3.8) is 0 Å². The molecule has 2 aromatic carbocycles. The lowest BCUT2D eigenvalue weighted by Crippen LogP contribution is -2.07. The van der Waals surface area contributed by atoms with Crippen LogP contribution in [0.1, 0.15) is 11.1 Å². The Labute approximate surface area is 130 Å². The minimum absolute atomic E-state index is 0.163. The highest BCUT2D eigenvalue weighted by molar-refractivity contribution is 7.83. The first-order chi connectivity index (χ1) is 10.5. The molecule has 0 amide bonds. The first-order valence-electron chi connectivity index (χ1n) is 6.70. The summed E-state index contributed by atoms with van der Waals surface area (Å²) in [5.74, 6) is 0.649. The normalized spacial score (nSPS) is 12.2. The summed E-state index contributed by atoms with van der Waals surface area (Å²) >= 11 is 0. The molecule has 0 aliphatic rings. The second-order valence-corrected chi connectivity index (χ2v) is 6.19. The molecule has 2 aromatic rings. The van der Waals surface area contributed by atoms with Crippen LogP contribution in [0.5, 0.6) is 5.75 Å². The minimum atomic E-state index is -2.84. The molecule has 1 atom stereocenters. The highest BCUT2D eigenvalue weighted by atomic mass is 32.2. The molecule has 1 N–H and O–H groups in total. The zero-order valence-electron chi connectivity index (χ0n) is 12.1. The van der Waals surface area contributed by atoms with Crippen LogP contribution in [-0.4, -0.2) is 17.1 Å².